The minimum atomic E-state index is -0.833. The quantitative estimate of drug-likeness (QED) is 0.587. The van der Waals surface area contributed by atoms with Gasteiger partial charge in [0.05, 0.1) is 6.61 Å². The van der Waals surface area contributed by atoms with Gasteiger partial charge < -0.3 is 15.2 Å². The highest BCUT2D eigenvalue weighted by Crippen LogP contribution is 1.86. The molecule has 0 atom stereocenters. The van der Waals surface area contributed by atoms with E-state index in [-0.39, 0.29) is 6.61 Å². The third-order valence-corrected chi connectivity index (χ3v) is 0.903. The van der Waals surface area contributed by atoms with Gasteiger partial charge in [-0.1, -0.05) is 0 Å². The SMILES string of the molecule is CC(=O)O.OCCc1ncc[nH]1. The van der Waals surface area contributed by atoms with Crippen molar-refractivity contribution >= 4 is 5.97 Å². The van der Waals surface area contributed by atoms with Crippen LogP contribution in [0.5, 0.6) is 0 Å². The number of hydrogen-bond donors (Lipinski definition) is 3. The Morgan fingerprint density at radius 2 is 2.33 bits per heavy atom. The largest absolute Gasteiger partial charge is 0.481 e. The van der Waals surface area contributed by atoms with Crippen LogP contribution >= 0.6 is 0 Å². The number of rotatable bonds is 2. The molecule has 0 saturated heterocycles. The second-order valence-corrected chi connectivity index (χ2v) is 2.03. The van der Waals surface area contributed by atoms with Crippen molar-refractivity contribution in [2.75, 3.05) is 6.61 Å². The van der Waals surface area contributed by atoms with Crippen molar-refractivity contribution in [3.05, 3.63) is 18.2 Å². The van der Waals surface area contributed by atoms with Crippen molar-refractivity contribution in [2.24, 2.45) is 0 Å². The molecule has 3 N–H and O–H groups in total. The molecule has 0 aromatic carbocycles. The van der Waals surface area contributed by atoms with E-state index in [1.807, 2.05) is 0 Å². The Morgan fingerprint density at radius 1 is 1.75 bits per heavy atom. The smallest absolute Gasteiger partial charge is 0.300 e. The number of aromatic nitrogens is 2. The lowest BCUT2D eigenvalue weighted by Gasteiger charge is -1.85. The minimum Gasteiger partial charge on any atom is -0.481 e. The molecule has 0 aliphatic heterocycles. The Labute approximate surface area is 70.1 Å². The molecule has 0 fully saturated rings. The third kappa shape index (κ3) is 6.76. The van der Waals surface area contributed by atoms with Crippen LogP contribution in [0.1, 0.15) is 12.7 Å². The number of aliphatic hydroxyl groups is 1. The zero-order valence-electron chi connectivity index (χ0n) is 6.82. The summed E-state index contributed by atoms with van der Waals surface area (Å²) >= 11 is 0. The van der Waals surface area contributed by atoms with E-state index in [0.717, 1.165) is 12.7 Å². The molecule has 12 heavy (non-hydrogen) atoms. The highest BCUT2D eigenvalue weighted by atomic mass is 16.4. The van der Waals surface area contributed by atoms with Gasteiger partial charge >= 0.3 is 0 Å². The topological polar surface area (TPSA) is 86.2 Å². The fourth-order valence-electron chi connectivity index (χ4n) is 0.541. The molecule has 1 heterocycles. The second kappa shape index (κ2) is 6.36. The molecule has 0 amide bonds. The molecule has 1 rings (SSSR count). The van der Waals surface area contributed by atoms with E-state index < -0.39 is 5.97 Å². The van der Waals surface area contributed by atoms with E-state index in [1.54, 1.807) is 12.4 Å². The van der Waals surface area contributed by atoms with Gasteiger partial charge in [0.2, 0.25) is 0 Å². The number of carboxylic acids is 1. The highest BCUT2D eigenvalue weighted by molar-refractivity contribution is 5.62. The molecule has 0 unspecified atom stereocenters. The Morgan fingerprint density at radius 3 is 2.67 bits per heavy atom. The Bertz CT molecular complexity index is 204. The average molecular weight is 172 g/mol. The number of carboxylic acid groups (broad SMARTS) is 1. The molecular formula is C7H12N2O3. The van der Waals surface area contributed by atoms with E-state index in [2.05, 4.69) is 9.97 Å². The van der Waals surface area contributed by atoms with Gasteiger partial charge in [-0.25, -0.2) is 4.98 Å². The van der Waals surface area contributed by atoms with Gasteiger partial charge in [-0.3, -0.25) is 4.79 Å². The van der Waals surface area contributed by atoms with Crippen molar-refractivity contribution in [2.45, 2.75) is 13.3 Å². The first-order chi connectivity index (χ1) is 5.66. The first kappa shape index (κ1) is 10.6. The van der Waals surface area contributed by atoms with Crippen molar-refractivity contribution in [3.63, 3.8) is 0 Å². The summed E-state index contributed by atoms with van der Waals surface area (Å²) in [6, 6.07) is 0. The van der Waals surface area contributed by atoms with E-state index in [4.69, 9.17) is 15.0 Å². The third-order valence-electron chi connectivity index (χ3n) is 0.903. The van der Waals surface area contributed by atoms with Gasteiger partial charge in [-0.15, -0.1) is 0 Å². The van der Waals surface area contributed by atoms with E-state index >= 15 is 0 Å². The molecular weight excluding hydrogens is 160 g/mol. The fourth-order valence-corrected chi connectivity index (χ4v) is 0.541. The predicted molar refractivity (Wildman–Crippen MR) is 42.7 cm³/mol. The summed E-state index contributed by atoms with van der Waals surface area (Å²) in [4.78, 5) is 15.8. The van der Waals surface area contributed by atoms with Crippen LogP contribution in [0.2, 0.25) is 0 Å². The number of aromatic amines is 1. The van der Waals surface area contributed by atoms with Gasteiger partial charge in [-0.2, -0.15) is 0 Å². The number of H-pyrrole nitrogens is 1. The summed E-state index contributed by atoms with van der Waals surface area (Å²) in [5, 5.41) is 15.8. The number of nitrogens with zero attached hydrogens (tertiary/aromatic N) is 1. The molecule has 68 valence electrons. The van der Waals surface area contributed by atoms with E-state index in [0.29, 0.717) is 6.42 Å². The summed E-state index contributed by atoms with van der Waals surface area (Å²) < 4.78 is 0. The Kier molecular flexibility index (Phi) is 5.64. The fraction of sp³-hybridized carbons (Fsp3) is 0.429. The molecule has 0 radical (unpaired) electrons. The van der Waals surface area contributed by atoms with Crippen LogP contribution in [-0.2, 0) is 11.2 Å². The normalized spacial score (nSPS) is 8.50. The van der Waals surface area contributed by atoms with Crippen LogP contribution in [0.25, 0.3) is 0 Å². The van der Waals surface area contributed by atoms with Crippen molar-refractivity contribution < 1.29 is 15.0 Å². The minimum absolute atomic E-state index is 0.160. The zero-order chi connectivity index (χ0) is 9.40. The van der Waals surface area contributed by atoms with Gasteiger partial charge in [-0.05, 0) is 0 Å². The predicted octanol–water partition coefficient (Wildman–Crippen LogP) is 0.0354. The lowest BCUT2D eigenvalue weighted by Crippen LogP contribution is -1.91. The van der Waals surface area contributed by atoms with Gasteiger partial charge in [0.15, 0.2) is 0 Å². The van der Waals surface area contributed by atoms with Crippen LogP contribution in [0.15, 0.2) is 12.4 Å². The number of aliphatic carboxylic acids is 1. The summed E-state index contributed by atoms with van der Waals surface area (Å²) in [6.07, 6.45) is 4.03. The Balaban J connectivity index is 0.000000261. The van der Waals surface area contributed by atoms with Crippen LogP contribution in [0, 0.1) is 0 Å². The molecule has 0 saturated carbocycles. The second-order valence-electron chi connectivity index (χ2n) is 2.03. The van der Waals surface area contributed by atoms with Crippen LogP contribution in [0.4, 0.5) is 0 Å². The lowest BCUT2D eigenvalue weighted by molar-refractivity contribution is -0.134. The summed E-state index contributed by atoms with van der Waals surface area (Å²) in [6.45, 7) is 1.24. The first-order valence-corrected chi connectivity index (χ1v) is 3.45. The molecule has 0 bridgehead atoms. The average Bonchev–Trinajstić information content (AvgIpc) is 2.39. The monoisotopic (exact) mass is 172 g/mol. The molecule has 5 nitrogen and oxygen atoms in total. The molecule has 1 aromatic rings. The number of aliphatic hydroxyl groups excluding tert-OH is 1. The maximum Gasteiger partial charge on any atom is 0.300 e. The maximum absolute atomic E-state index is 9.00. The number of hydrogen-bond acceptors (Lipinski definition) is 3. The van der Waals surface area contributed by atoms with E-state index in [1.165, 1.54) is 0 Å². The number of nitrogens with one attached hydrogen (secondary N) is 1. The highest BCUT2D eigenvalue weighted by Gasteiger charge is 1.88. The van der Waals surface area contributed by atoms with Crippen molar-refractivity contribution in [1.82, 2.24) is 9.97 Å². The van der Waals surface area contributed by atoms with Crippen LogP contribution < -0.4 is 0 Å². The number of imidazole rings is 1. The van der Waals surface area contributed by atoms with Crippen LogP contribution in [-0.4, -0.2) is 32.8 Å². The van der Waals surface area contributed by atoms with Gasteiger partial charge in [0.1, 0.15) is 5.82 Å². The first-order valence-electron chi connectivity index (χ1n) is 3.45. The maximum atomic E-state index is 9.00. The lowest BCUT2D eigenvalue weighted by atomic mass is 10.4. The molecule has 1 aromatic heterocycles. The summed E-state index contributed by atoms with van der Waals surface area (Å²) in [5.74, 6) is 0.00694. The van der Waals surface area contributed by atoms with Crippen molar-refractivity contribution in [3.8, 4) is 0 Å². The summed E-state index contributed by atoms with van der Waals surface area (Å²) in [5.41, 5.74) is 0. The summed E-state index contributed by atoms with van der Waals surface area (Å²) in [7, 11) is 0. The van der Waals surface area contributed by atoms with E-state index in [9.17, 15) is 0 Å². The van der Waals surface area contributed by atoms with Gasteiger partial charge in [0, 0.05) is 25.7 Å². The van der Waals surface area contributed by atoms with Gasteiger partial charge in [0.25, 0.3) is 5.97 Å². The zero-order valence-corrected chi connectivity index (χ0v) is 6.82. The molecule has 0 aliphatic rings. The molecule has 5 heteroatoms. The Hall–Kier alpha value is -1.36. The molecule has 0 aliphatic carbocycles. The standard InChI is InChI=1S/C5H8N2O.C2H4O2/c8-4-1-5-6-2-3-7-5;1-2(3)4/h2-3,8H,1,4H2,(H,6,7);1H3,(H,3,4). The van der Waals surface area contributed by atoms with Crippen molar-refractivity contribution in [1.29, 1.82) is 0 Å². The number of carbonyl (C=O) groups is 1. The molecule has 0 spiro atoms. The van der Waals surface area contributed by atoms with Crippen LogP contribution in [0.3, 0.4) is 0 Å².